The Labute approximate surface area is 128 Å². The molecular formula is C20H25N. The summed E-state index contributed by atoms with van der Waals surface area (Å²) in [7, 11) is 0. The van der Waals surface area contributed by atoms with Gasteiger partial charge in [-0.1, -0.05) is 61.0 Å². The molecule has 1 aliphatic carbocycles. The molecule has 21 heavy (non-hydrogen) atoms. The van der Waals surface area contributed by atoms with Crippen LogP contribution in [-0.4, -0.2) is 0 Å². The Morgan fingerprint density at radius 2 is 1.81 bits per heavy atom. The molecule has 2 aromatic rings. The van der Waals surface area contributed by atoms with Crippen LogP contribution in [0.4, 0.5) is 0 Å². The number of benzene rings is 2. The Morgan fingerprint density at radius 1 is 1.00 bits per heavy atom. The highest BCUT2D eigenvalue weighted by molar-refractivity contribution is 5.29. The highest BCUT2D eigenvalue weighted by atomic mass is 14.6. The molecule has 110 valence electrons. The molecule has 1 nitrogen and oxygen atoms in total. The maximum Gasteiger partial charge on any atom is 0.0295 e. The summed E-state index contributed by atoms with van der Waals surface area (Å²) in [6, 6.07) is 19.8. The molecule has 3 rings (SSSR count). The van der Waals surface area contributed by atoms with Gasteiger partial charge in [0.15, 0.2) is 0 Å². The van der Waals surface area contributed by atoms with E-state index in [1.54, 1.807) is 0 Å². The molecule has 0 saturated heterocycles. The van der Waals surface area contributed by atoms with Crippen molar-refractivity contribution in [2.24, 2.45) is 5.73 Å². The molecule has 0 bridgehead atoms. The molecular weight excluding hydrogens is 254 g/mol. The van der Waals surface area contributed by atoms with Crippen LogP contribution in [0.25, 0.3) is 0 Å². The van der Waals surface area contributed by atoms with Gasteiger partial charge < -0.3 is 5.73 Å². The second-order valence-electron chi connectivity index (χ2n) is 6.28. The average Bonchev–Trinajstić information content (AvgIpc) is 2.47. The van der Waals surface area contributed by atoms with Gasteiger partial charge in [-0.05, 0) is 54.7 Å². The summed E-state index contributed by atoms with van der Waals surface area (Å²) < 4.78 is 0. The third-order valence-corrected chi connectivity index (χ3v) is 4.74. The lowest BCUT2D eigenvalue weighted by Crippen LogP contribution is -2.13. The van der Waals surface area contributed by atoms with E-state index < -0.39 is 0 Å². The molecule has 1 aliphatic rings. The molecule has 1 saturated carbocycles. The van der Waals surface area contributed by atoms with Crippen molar-refractivity contribution in [2.45, 2.75) is 50.5 Å². The van der Waals surface area contributed by atoms with Gasteiger partial charge in [-0.15, -0.1) is 0 Å². The van der Waals surface area contributed by atoms with Crippen molar-refractivity contribution >= 4 is 0 Å². The average molecular weight is 279 g/mol. The van der Waals surface area contributed by atoms with Crippen molar-refractivity contribution in [3.8, 4) is 0 Å². The quantitative estimate of drug-likeness (QED) is 0.793. The largest absolute Gasteiger partial charge is 0.324 e. The molecule has 0 heterocycles. The Bertz CT molecular complexity index is 557. The number of hydrogen-bond donors (Lipinski definition) is 1. The fourth-order valence-electron chi connectivity index (χ4n) is 3.12. The first-order valence-electron chi connectivity index (χ1n) is 8.22. The van der Waals surface area contributed by atoms with Crippen molar-refractivity contribution in [2.75, 3.05) is 0 Å². The van der Waals surface area contributed by atoms with Crippen LogP contribution in [0.3, 0.4) is 0 Å². The first-order chi connectivity index (χ1) is 10.3. The van der Waals surface area contributed by atoms with Gasteiger partial charge in [-0.25, -0.2) is 0 Å². The monoisotopic (exact) mass is 279 g/mol. The normalized spacial score (nSPS) is 16.4. The van der Waals surface area contributed by atoms with Gasteiger partial charge in [0.1, 0.15) is 0 Å². The lowest BCUT2D eigenvalue weighted by molar-refractivity contribution is 0.419. The van der Waals surface area contributed by atoms with E-state index in [9.17, 15) is 0 Å². The van der Waals surface area contributed by atoms with Crippen molar-refractivity contribution < 1.29 is 0 Å². The van der Waals surface area contributed by atoms with Crippen molar-refractivity contribution in [1.82, 2.24) is 0 Å². The summed E-state index contributed by atoms with van der Waals surface area (Å²) in [5.41, 5.74) is 10.6. The summed E-state index contributed by atoms with van der Waals surface area (Å²) in [4.78, 5) is 0. The Morgan fingerprint density at radius 3 is 2.52 bits per heavy atom. The highest BCUT2D eigenvalue weighted by Crippen LogP contribution is 2.37. The number of nitrogens with two attached hydrogens (primary N) is 1. The molecule has 1 atom stereocenters. The number of aryl methyl sites for hydroxylation is 1. The third-order valence-electron chi connectivity index (χ3n) is 4.74. The van der Waals surface area contributed by atoms with Crippen LogP contribution in [0.2, 0.25) is 0 Å². The van der Waals surface area contributed by atoms with Crippen LogP contribution in [0.1, 0.15) is 60.8 Å². The molecule has 0 spiro atoms. The van der Waals surface area contributed by atoms with Gasteiger partial charge in [-0.3, -0.25) is 0 Å². The lowest BCUT2D eigenvalue weighted by atomic mass is 9.79. The van der Waals surface area contributed by atoms with E-state index in [4.69, 9.17) is 5.73 Å². The van der Waals surface area contributed by atoms with Gasteiger partial charge in [0.05, 0.1) is 0 Å². The van der Waals surface area contributed by atoms with E-state index in [0.29, 0.717) is 0 Å². The highest BCUT2D eigenvalue weighted by Gasteiger charge is 2.20. The minimum Gasteiger partial charge on any atom is -0.324 e. The van der Waals surface area contributed by atoms with Gasteiger partial charge in [0.25, 0.3) is 0 Å². The van der Waals surface area contributed by atoms with Gasteiger partial charge in [0.2, 0.25) is 0 Å². The van der Waals surface area contributed by atoms with Crippen LogP contribution >= 0.6 is 0 Å². The summed E-state index contributed by atoms with van der Waals surface area (Å²) in [6.07, 6.45) is 7.43. The van der Waals surface area contributed by atoms with Gasteiger partial charge >= 0.3 is 0 Å². The van der Waals surface area contributed by atoms with Gasteiger partial charge in [-0.2, -0.15) is 0 Å². The fourth-order valence-corrected chi connectivity index (χ4v) is 3.12. The third kappa shape index (κ3) is 3.74. The summed E-state index contributed by atoms with van der Waals surface area (Å²) >= 11 is 0. The zero-order chi connectivity index (χ0) is 14.5. The van der Waals surface area contributed by atoms with E-state index in [1.165, 1.54) is 36.0 Å². The van der Waals surface area contributed by atoms with Gasteiger partial charge in [0, 0.05) is 6.04 Å². The molecule has 1 heteroatoms. The molecule has 2 N–H and O–H groups in total. The predicted octanol–water partition coefficient (Wildman–Crippen LogP) is 4.98. The first-order valence-corrected chi connectivity index (χ1v) is 8.22. The zero-order valence-electron chi connectivity index (χ0n) is 12.7. The zero-order valence-corrected chi connectivity index (χ0v) is 12.7. The van der Waals surface area contributed by atoms with Crippen LogP contribution in [0.5, 0.6) is 0 Å². The van der Waals surface area contributed by atoms with Crippen LogP contribution in [0.15, 0.2) is 54.6 Å². The van der Waals surface area contributed by atoms with E-state index in [0.717, 1.165) is 25.2 Å². The fraction of sp³-hybridized carbons (Fsp3) is 0.400. The predicted molar refractivity (Wildman–Crippen MR) is 89.3 cm³/mol. The van der Waals surface area contributed by atoms with E-state index >= 15 is 0 Å². The Balaban J connectivity index is 1.54. The minimum atomic E-state index is 0.175. The SMILES string of the molecule is NC(CCCc1ccccc1)c1cccc(C2CCC2)c1. The van der Waals surface area contributed by atoms with Crippen molar-refractivity contribution in [1.29, 1.82) is 0 Å². The Hall–Kier alpha value is -1.60. The maximum atomic E-state index is 6.39. The Kier molecular flexibility index (Phi) is 4.72. The van der Waals surface area contributed by atoms with E-state index in [2.05, 4.69) is 54.6 Å². The van der Waals surface area contributed by atoms with E-state index in [-0.39, 0.29) is 6.04 Å². The van der Waals surface area contributed by atoms with Crippen molar-refractivity contribution in [3.05, 3.63) is 71.3 Å². The topological polar surface area (TPSA) is 26.0 Å². The molecule has 2 aromatic carbocycles. The van der Waals surface area contributed by atoms with Crippen LogP contribution in [0, 0.1) is 0 Å². The smallest absolute Gasteiger partial charge is 0.0295 e. The summed E-state index contributed by atoms with van der Waals surface area (Å²) in [5, 5.41) is 0. The number of rotatable bonds is 6. The van der Waals surface area contributed by atoms with Crippen molar-refractivity contribution in [3.63, 3.8) is 0 Å². The maximum absolute atomic E-state index is 6.39. The first kappa shape index (κ1) is 14.3. The summed E-state index contributed by atoms with van der Waals surface area (Å²) in [5.74, 6) is 0.793. The lowest BCUT2D eigenvalue weighted by Gasteiger charge is -2.26. The molecule has 1 fully saturated rings. The van der Waals surface area contributed by atoms with Crippen LogP contribution < -0.4 is 5.73 Å². The second kappa shape index (κ2) is 6.91. The molecule has 0 amide bonds. The summed E-state index contributed by atoms with van der Waals surface area (Å²) in [6.45, 7) is 0. The minimum absolute atomic E-state index is 0.175. The standard InChI is InChI=1S/C20H25N/c21-20(14-4-9-16-7-2-1-3-8-16)19-13-6-12-18(15-19)17-10-5-11-17/h1-3,6-8,12-13,15,17,20H,4-5,9-11,14,21H2. The van der Waals surface area contributed by atoms with Crippen LogP contribution in [-0.2, 0) is 6.42 Å². The molecule has 0 aromatic heterocycles. The number of hydrogen-bond acceptors (Lipinski definition) is 1. The molecule has 0 aliphatic heterocycles. The molecule has 0 radical (unpaired) electrons. The molecule has 1 unspecified atom stereocenters. The second-order valence-corrected chi connectivity index (χ2v) is 6.28. The van der Waals surface area contributed by atoms with E-state index in [1.807, 2.05) is 0 Å².